The van der Waals surface area contributed by atoms with Gasteiger partial charge in [0.1, 0.15) is 0 Å². The van der Waals surface area contributed by atoms with Gasteiger partial charge in [0, 0.05) is 72.8 Å². The van der Waals surface area contributed by atoms with Crippen molar-refractivity contribution in [2.24, 2.45) is 0 Å². The molecule has 220 valence electrons. The molecular weight excluding hydrogens is 546 g/mol. The van der Waals surface area contributed by atoms with E-state index >= 15 is 0 Å². The van der Waals surface area contributed by atoms with E-state index < -0.39 is 0 Å². The average Bonchev–Trinajstić information content (AvgIpc) is 3.22. The maximum absolute atomic E-state index is 14.0. The molecule has 6 rings (SSSR count). The SMILES string of the molecule is CC(=O)N1CCN(C(=O)C2=Cc3ccccc3-c3c(C4CCCCC4)c4ccc(C(=O)NSN(C)C)cc4n3C2)CC1. The Balaban J connectivity index is 1.47. The molecule has 1 aromatic heterocycles. The number of hydrogen-bond donors (Lipinski definition) is 1. The smallest absolute Gasteiger partial charge is 0.262 e. The Labute approximate surface area is 252 Å². The van der Waals surface area contributed by atoms with Gasteiger partial charge in [0.15, 0.2) is 0 Å². The molecule has 0 atom stereocenters. The number of nitrogens with zero attached hydrogens (tertiary/aromatic N) is 4. The van der Waals surface area contributed by atoms with Gasteiger partial charge in [-0.3, -0.25) is 19.1 Å². The second-order valence-corrected chi connectivity index (χ2v) is 12.9. The summed E-state index contributed by atoms with van der Waals surface area (Å²) in [6, 6.07) is 14.4. The first-order chi connectivity index (χ1) is 20.3. The Morgan fingerprint density at radius 2 is 1.64 bits per heavy atom. The molecule has 1 saturated carbocycles. The zero-order valence-electron chi connectivity index (χ0n) is 24.7. The number of aromatic nitrogens is 1. The number of carbonyl (C=O) groups is 3. The molecule has 1 N–H and O–H groups in total. The predicted octanol–water partition coefficient (Wildman–Crippen LogP) is 5.30. The highest BCUT2D eigenvalue weighted by Gasteiger charge is 2.32. The van der Waals surface area contributed by atoms with E-state index in [0.29, 0.717) is 44.2 Å². The van der Waals surface area contributed by atoms with Crippen LogP contribution in [0.4, 0.5) is 0 Å². The van der Waals surface area contributed by atoms with Gasteiger partial charge in [0.2, 0.25) is 5.91 Å². The van der Waals surface area contributed by atoms with Gasteiger partial charge in [0.05, 0.1) is 12.2 Å². The Hall–Kier alpha value is -3.56. The van der Waals surface area contributed by atoms with E-state index in [-0.39, 0.29) is 17.7 Å². The van der Waals surface area contributed by atoms with Gasteiger partial charge < -0.3 is 14.4 Å². The lowest BCUT2D eigenvalue weighted by atomic mass is 9.81. The first-order valence-corrected chi connectivity index (χ1v) is 15.7. The Bertz CT molecular complexity index is 1560. The third kappa shape index (κ3) is 5.47. The highest BCUT2D eigenvalue weighted by molar-refractivity contribution is 7.95. The molecule has 8 nitrogen and oxygen atoms in total. The Kier molecular flexibility index (Phi) is 8.14. The van der Waals surface area contributed by atoms with Crippen LogP contribution < -0.4 is 4.72 Å². The third-order valence-corrected chi connectivity index (χ3v) is 9.50. The molecular formula is C33H39N5O3S. The second kappa shape index (κ2) is 12.0. The summed E-state index contributed by atoms with van der Waals surface area (Å²) in [7, 11) is 3.78. The largest absolute Gasteiger partial charge is 0.339 e. The van der Waals surface area contributed by atoms with E-state index in [2.05, 4.69) is 39.6 Å². The maximum Gasteiger partial charge on any atom is 0.262 e. The minimum Gasteiger partial charge on any atom is -0.339 e. The molecule has 0 radical (unpaired) electrons. The van der Waals surface area contributed by atoms with Gasteiger partial charge in [-0.15, -0.1) is 0 Å². The van der Waals surface area contributed by atoms with Gasteiger partial charge in [0.25, 0.3) is 11.8 Å². The fourth-order valence-corrected chi connectivity index (χ4v) is 7.15. The summed E-state index contributed by atoms with van der Waals surface area (Å²) in [6.07, 6.45) is 8.06. The molecule has 3 aliphatic rings. The molecule has 1 aliphatic carbocycles. The average molecular weight is 586 g/mol. The van der Waals surface area contributed by atoms with E-state index in [0.717, 1.165) is 35.1 Å². The van der Waals surface area contributed by atoms with Crippen molar-refractivity contribution >= 4 is 46.8 Å². The summed E-state index contributed by atoms with van der Waals surface area (Å²) < 4.78 is 7.05. The molecule has 3 aromatic rings. The van der Waals surface area contributed by atoms with E-state index in [4.69, 9.17) is 0 Å². The van der Waals surface area contributed by atoms with Crippen molar-refractivity contribution in [1.82, 2.24) is 23.4 Å². The topological polar surface area (TPSA) is 77.9 Å². The van der Waals surface area contributed by atoms with Crippen LogP contribution in [0.2, 0.25) is 0 Å². The van der Waals surface area contributed by atoms with E-state index in [1.165, 1.54) is 48.0 Å². The molecule has 3 heterocycles. The summed E-state index contributed by atoms with van der Waals surface area (Å²) in [5, 5.41) is 1.17. The number of carbonyl (C=O) groups excluding carboxylic acids is 3. The van der Waals surface area contributed by atoms with Crippen LogP contribution in [0, 0.1) is 0 Å². The molecule has 0 unspecified atom stereocenters. The lowest BCUT2D eigenvalue weighted by Crippen LogP contribution is -2.50. The maximum atomic E-state index is 14.0. The van der Waals surface area contributed by atoms with Gasteiger partial charge in [-0.2, -0.15) is 0 Å². The van der Waals surface area contributed by atoms with Crippen LogP contribution in [0.1, 0.15) is 66.4 Å². The summed E-state index contributed by atoms with van der Waals surface area (Å²) in [5.74, 6) is 0.353. The van der Waals surface area contributed by atoms with Crippen molar-refractivity contribution in [2.45, 2.75) is 51.5 Å². The molecule has 2 fully saturated rings. The monoisotopic (exact) mass is 585 g/mol. The van der Waals surface area contributed by atoms with Crippen LogP contribution in [0.25, 0.3) is 28.2 Å². The zero-order chi connectivity index (χ0) is 29.4. The highest BCUT2D eigenvalue weighted by atomic mass is 32.2. The lowest BCUT2D eigenvalue weighted by Gasteiger charge is -2.34. The van der Waals surface area contributed by atoms with E-state index in [9.17, 15) is 14.4 Å². The molecule has 0 bridgehead atoms. The van der Waals surface area contributed by atoms with Crippen molar-refractivity contribution in [1.29, 1.82) is 0 Å². The van der Waals surface area contributed by atoms with Crippen LogP contribution in [0.5, 0.6) is 0 Å². The zero-order valence-corrected chi connectivity index (χ0v) is 25.5. The summed E-state index contributed by atoms with van der Waals surface area (Å²) in [5.41, 5.74) is 7.02. The summed E-state index contributed by atoms with van der Waals surface area (Å²) >= 11 is 1.26. The predicted molar refractivity (Wildman–Crippen MR) is 169 cm³/mol. The number of nitrogens with one attached hydrogen (secondary N) is 1. The first kappa shape index (κ1) is 28.6. The molecule has 42 heavy (non-hydrogen) atoms. The van der Waals surface area contributed by atoms with E-state index in [1.54, 1.807) is 11.8 Å². The van der Waals surface area contributed by atoms with Crippen LogP contribution in [0.15, 0.2) is 48.0 Å². The first-order valence-electron chi connectivity index (χ1n) is 15.0. The van der Waals surface area contributed by atoms with Gasteiger partial charge in [-0.1, -0.05) is 49.6 Å². The standard InChI is InChI=1S/C33H39N5O3S/c1-22(39)36-15-17-37(18-16-36)33(41)26-19-24-11-7-8-12-27(24)31-30(23-9-5-4-6-10-23)28-14-13-25(20-29(28)38(31)21-26)32(40)34-42-35(2)3/h7-8,11-14,19-20,23H,4-6,9-10,15-18,21H2,1-3H3,(H,34,40). The molecule has 9 heteroatoms. The van der Waals surface area contributed by atoms with Crippen molar-refractivity contribution in [3.8, 4) is 11.3 Å². The number of fused-ring (bicyclic) bond motifs is 5. The second-order valence-electron chi connectivity index (χ2n) is 11.8. The summed E-state index contributed by atoms with van der Waals surface area (Å²) in [4.78, 5) is 42.7. The molecule has 2 aliphatic heterocycles. The number of amides is 3. The van der Waals surface area contributed by atoms with Crippen molar-refractivity contribution in [2.75, 3.05) is 40.3 Å². The fraction of sp³-hybridized carbons (Fsp3) is 0.424. The van der Waals surface area contributed by atoms with Crippen LogP contribution >= 0.6 is 12.1 Å². The lowest BCUT2D eigenvalue weighted by molar-refractivity contribution is -0.136. The number of piperazine rings is 1. The van der Waals surface area contributed by atoms with Gasteiger partial charge in [-0.25, -0.2) is 4.31 Å². The van der Waals surface area contributed by atoms with Crippen LogP contribution in [0.3, 0.4) is 0 Å². The number of benzene rings is 2. The Morgan fingerprint density at radius 1 is 0.929 bits per heavy atom. The normalized spacial score (nSPS) is 17.5. The van der Waals surface area contributed by atoms with Crippen molar-refractivity contribution in [3.05, 3.63) is 64.7 Å². The molecule has 1 saturated heterocycles. The fourth-order valence-electron chi connectivity index (χ4n) is 6.77. The van der Waals surface area contributed by atoms with Crippen LogP contribution in [-0.2, 0) is 16.1 Å². The summed E-state index contributed by atoms with van der Waals surface area (Å²) in [6.45, 7) is 4.17. The molecule has 2 aromatic carbocycles. The highest BCUT2D eigenvalue weighted by Crippen LogP contribution is 2.46. The van der Waals surface area contributed by atoms with Crippen molar-refractivity contribution < 1.29 is 14.4 Å². The van der Waals surface area contributed by atoms with Gasteiger partial charge >= 0.3 is 0 Å². The number of hydrogen-bond acceptors (Lipinski definition) is 5. The quantitative estimate of drug-likeness (QED) is 0.412. The Morgan fingerprint density at radius 3 is 2.36 bits per heavy atom. The molecule has 3 amide bonds. The van der Waals surface area contributed by atoms with Crippen molar-refractivity contribution in [3.63, 3.8) is 0 Å². The number of rotatable bonds is 5. The van der Waals surface area contributed by atoms with Crippen LogP contribution in [-0.4, -0.2) is 76.7 Å². The van der Waals surface area contributed by atoms with E-state index in [1.807, 2.05) is 41.5 Å². The minimum absolute atomic E-state index is 0.0122. The minimum atomic E-state index is -0.144. The van der Waals surface area contributed by atoms with Gasteiger partial charge in [-0.05, 0) is 62.2 Å². The molecule has 0 spiro atoms. The third-order valence-electron chi connectivity index (χ3n) is 8.86.